The number of sulfone groups is 1. The van der Waals surface area contributed by atoms with Crippen LogP contribution in [0.5, 0.6) is 0 Å². The van der Waals surface area contributed by atoms with Crippen molar-refractivity contribution < 1.29 is 13.5 Å². The van der Waals surface area contributed by atoms with Crippen molar-refractivity contribution in [2.75, 3.05) is 31.9 Å². The number of hydrogen-bond donors (Lipinski definition) is 2. The molecule has 0 amide bonds. The van der Waals surface area contributed by atoms with Gasteiger partial charge in [0, 0.05) is 30.2 Å². The Labute approximate surface area is 178 Å². The van der Waals surface area contributed by atoms with Gasteiger partial charge in [-0.25, -0.2) is 8.42 Å². The average molecular weight is 516 g/mol. The molecule has 148 valence electrons. The first-order chi connectivity index (χ1) is 11.7. The van der Waals surface area contributed by atoms with Gasteiger partial charge in [-0.3, -0.25) is 4.99 Å². The Bertz CT molecular complexity index is 741. The molecule has 1 unspecified atom stereocenters. The third-order valence-corrected chi connectivity index (χ3v) is 7.23. The van der Waals surface area contributed by atoms with Gasteiger partial charge in [0.15, 0.2) is 15.8 Å². The molecule has 1 heterocycles. The molecule has 0 spiro atoms. The summed E-state index contributed by atoms with van der Waals surface area (Å²) in [6, 6.07) is 7.12. The van der Waals surface area contributed by atoms with Crippen LogP contribution in [-0.2, 0) is 9.84 Å². The van der Waals surface area contributed by atoms with E-state index in [4.69, 9.17) is 11.6 Å². The van der Waals surface area contributed by atoms with Crippen LogP contribution in [0.4, 0.5) is 0 Å². The number of aliphatic imine (C=N–C) groups is 1. The molecular formula is C17H27ClIN3O3S. The smallest absolute Gasteiger partial charge is 0.194 e. The van der Waals surface area contributed by atoms with Crippen molar-refractivity contribution in [3.63, 3.8) is 0 Å². The van der Waals surface area contributed by atoms with Crippen molar-refractivity contribution in [3.8, 4) is 0 Å². The molecule has 1 aliphatic heterocycles. The second-order valence-corrected chi connectivity index (χ2v) is 9.88. The molecule has 2 rings (SSSR count). The van der Waals surface area contributed by atoms with Crippen LogP contribution in [0, 0.1) is 0 Å². The SMILES string of the molecule is CCNC(=NCC(O)c1ccccc1Cl)N1CCS(=O)(=O)C(C)(C)C1.I. The van der Waals surface area contributed by atoms with Gasteiger partial charge >= 0.3 is 0 Å². The molecule has 1 aromatic carbocycles. The van der Waals surface area contributed by atoms with Crippen LogP contribution in [0.15, 0.2) is 29.3 Å². The quantitative estimate of drug-likeness (QED) is 0.366. The molecule has 0 saturated carbocycles. The highest BCUT2D eigenvalue weighted by Gasteiger charge is 2.41. The summed E-state index contributed by atoms with van der Waals surface area (Å²) in [4.78, 5) is 6.43. The molecule has 0 aliphatic carbocycles. The summed E-state index contributed by atoms with van der Waals surface area (Å²) in [7, 11) is -3.11. The Morgan fingerprint density at radius 1 is 1.42 bits per heavy atom. The lowest BCUT2D eigenvalue weighted by Crippen LogP contribution is -2.57. The molecule has 2 N–H and O–H groups in total. The summed E-state index contributed by atoms with van der Waals surface area (Å²) in [6.07, 6.45) is -0.816. The van der Waals surface area contributed by atoms with Gasteiger partial charge in [0.25, 0.3) is 0 Å². The number of nitrogens with one attached hydrogen (secondary N) is 1. The van der Waals surface area contributed by atoms with E-state index in [0.29, 0.717) is 36.2 Å². The summed E-state index contributed by atoms with van der Waals surface area (Å²) in [5.41, 5.74) is 0.630. The number of nitrogens with zero attached hydrogens (tertiary/aromatic N) is 2. The highest BCUT2D eigenvalue weighted by Crippen LogP contribution is 2.25. The lowest BCUT2D eigenvalue weighted by molar-refractivity contribution is 0.186. The second-order valence-electron chi connectivity index (χ2n) is 6.73. The van der Waals surface area contributed by atoms with E-state index in [-0.39, 0.29) is 36.3 Å². The molecule has 0 aromatic heterocycles. The van der Waals surface area contributed by atoms with Gasteiger partial charge < -0.3 is 15.3 Å². The minimum atomic E-state index is -3.11. The van der Waals surface area contributed by atoms with E-state index < -0.39 is 20.7 Å². The minimum Gasteiger partial charge on any atom is -0.386 e. The summed E-state index contributed by atoms with van der Waals surface area (Å²) in [5.74, 6) is 0.703. The van der Waals surface area contributed by atoms with Crippen LogP contribution < -0.4 is 5.32 Å². The summed E-state index contributed by atoms with van der Waals surface area (Å²) in [6.45, 7) is 6.97. The zero-order chi connectivity index (χ0) is 18.7. The molecule has 1 aromatic rings. The van der Waals surface area contributed by atoms with Crippen LogP contribution in [-0.4, -0.2) is 61.1 Å². The number of hydrogen-bond acceptors (Lipinski definition) is 4. The Kier molecular flexibility index (Phi) is 8.63. The maximum Gasteiger partial charge on any atom is 0.194 e. The fourth-order valence-electron chi connectivity index (χ4n) is 2.77. The van der Waals surface area contributed by atoms with Crippen molar-refractivity contribution in [2.24, 2.45) is 4.99 Å². The molecule has 0 bridgehead atoms. The van der Waals surface area contributed by atoms with Crippen molar-refractivity contribution in [1.82, 2.24) is 10.2 Å². The number of benzene rings is 1. The molecular weight excluding hydrogens is 489 g/mol. The summed E-state index contributed by atoms with van der Waals surface area (Å²) in [5, 5.41) is 14.0. The van der Waals surface area contributed by atoms with Gasteiger partial charge in [-0.05, 0) is 26.8 Å². The third kappa shape index (κ3) is 5.46. The van der Waals surface area contributed by atoms with Gasteiger partial charge in [0.2, 0.25) is 0 Å². The normalized spacial score (nSPS) is 20.2. The zero-order valence-corrected chi connectivity index (χ0v) is 19.2. The number of aliphatic hydroxyl groups is 1. The van der Waals surface area contributed by atoms with Crippen molar-refractivity contribution in [1.29, 1.82) is 0 Å². The Morgan fingerprint density at radius 3 is 2.65 bits per heavy atom. The van der Waals surface area contributed by atoms with Crippen LogP contribution in [0.1, 0.15) is 32.4 Å². The molecule has 1 aliphatic rings. The molecule has 0 radical (unpaired) electrons. The highest BCUT2D eigenvalue weighted by atomic mass is 127. The monoisotopic (exact) mass is 515 g/mol. The first kappa shape index (κ1) is 23.5. The van der Waals surface area contributed by atoms with Crippen LogP contribution >= 0.6 is 35.6 Å². The average Bonchev–Trinajstić information content (AvgIpc) is 2.54. The molecule has 1 atom stereocenters. The van der Waals surface area contributed by atoms with Gasteiger partial charge in [0.1, 0.15) is 6.10 Å². The molecule has 6 nitrogen and oxygen atoms in total. The predicted molar refractivity (Wildman–Crippen MR) is 117 cm³/mol. The molecule has 1 fully saturated rings. The predicted octanol–water partition coefficient (Wildman–Crippen LogP) is 2.47. The summed E-state index contributed by atoms with van der Waals surface area (Å²) < 4.78 is 23.5. The van der Waals surface area contributed by atoms with E-state index in [0.717, 1.165) is 0 Å². The highest BCUT2D eigenvalue weighted by molar-refractivity contribution is 14.0. The number of rotatable bonds is 4. The van der Waals surface area contributed by atoms with Gasteiger partial charge in [-0.1, -0.05) is 29.8 Å². The second kappa shape index (κ2) is 9.57. The fraction of sp³-hybridized carbons (Fsp3) is 0.588. The van der Waals surface area contributed by atoms with Gasteiger partial charge in [-0.15, -0.1) is 24.0 Å². The number of aliphatic hydroxyl groups excluding tert-OH is 1. The van der Waals surface area contributed by atoms with Crippen LogP contribution in [0.3, 0.4) is 0 Å². The molecule has 9 heteroatoms. The van der Waals surface area contributed by atoms with Crippen molar-refractivity contribution >= 4 is 51.4 Å². The van der Waals surface area contributed by atoms with E-state index in [1.54, 1.807) is 26.0 Å². The minimum absolute atomic E-state index is 0. The lowest BCUT2D eigenvalue weighted by Gasteiger charge is -2.39. The third-order valence-electron chi connectivity index (χ3n) is 4.36. The topological polar surface area (TPSA) is 82.0 Å². The van der Waals surface area contributed by atoms with E-state index in [9.17, 15) is 13.5 Å². The molecule has 26 heavy (non-hydrogen) atoms. The van der Waals surface area contributed by atoms with Crippen molar-refractivity contribution in [2.45, 2.75) is 31.6 Å². The van der Waals surface area contributed by atoms with E-state index >= 15 is 0 Å². The molecule has 1 saturated heterocycles. The Morgan fingerprint density at radius 2 is 2.08 bits per heavy atom. The zero-order valence-electron chi connectivity index (χ0n) is 15.3. The van der Waals surface area contributed by atoms with E-state index in [1.807, 2.05) is 24.0 Å². The van der Waals surface area contributed by atoms with Gasteiger partial charge in [-0.2, -0.15) is 0 Å². The van der Waals surface area contributed by atoms with Crippen molar-refractivity contribution in [3.05, 3.63) is 34.9 Å². The van der Waals surface area contributed by atoms with Crippen LogP contribution in [0.25, 0.3) is 0 Å². The maximum absolute atomic E-state index is 12.2. The van der Waals surface area contributed by atoms with Gasteiger partial charge in [0.05, 0.1) is 17.0 Å². The number of halogens is 2. The lowest BCUT2D eigenvalue weighted by atomic mass is 10.1. The first-order valence-electron chi connectivity index (χ1n) is 8.36. The summed E-state index contributed by atoms with van der Waals surface area (Å²) >= 11 is 6.11. The first-order valence-corrected chi connectivity index (χ1v) is 10.4. The van der Waals surface area contributed by atoms with Crippen LogP contribution in [0.2, 0.25) is 5.02 Å². The largest absolute Gasteiger partial charge is 0.386 e. The van der Waals surface area contributed by atoms with E-state index in [2.05, 4.69) is 10.3 Å². The standard InChI is InChI=1S/C17H26ClN3O3S.HI/c1-4-19-16(21-9-10-25(23,24)17(2,3)12-21)20-11-15(22)13-7-5-6-8-14(13)18;/h5-8,15,22H,4,9-12H2,1-3H3,(H,19,20);1H. The Hall–Kier alpha value is -0.580. The fourth-order valence-corrected chi connectivity index (χ4v) is 4.39. The Balaban J connectivity index is 0.00000338. The number of guanidine groups is 1. The maximum atomic E-state index is 12.2. The van der Waals surface area contributed by atoms with E-state index in [1.165, 1.54) is 0 Å².